The summed E-state index contributed by atoms with van der Waals surface area (Å²) in [5, 5.41) is 2.59. The molecule has 4 aromatic rings. The highest BCUT2D eigenvalue weighted by Crippen LogP contribution is 2.30. The van der Waals surface area contributed by atoms with E-state index >= 15 is 0 Å². The fraction of sp³-hybridized carbons (Fsp3) is 0.111. The number of nitrogens with one attached hydrogen (secondary N) is 1. The molecule has 0 bridgehead atoms. The van der Waals surface area contributed by atoms with Crippen LogP contribution in [0.1, 0.15) is 11.3 Å². The van der Waals surface area contributed by atoms with Crippen molar-refractivity contribution in [2.45, 2.75) is 13.8 Å². The lowest BCUT2D eigenvalue weighted by atomic mass is 10.1. The monoisotopic (exact) mass is 260 g/mol. The van der Waals surface area contributed by atoms with Gasteiger partial charge in [-0.25, -0.2) is 0 Å². The average molecular weight is 260 g/mol. The zero-order valence-electron chi connectivity index (χ0n) is 11.6. The van der Waals surface area contributed by atoms with Crippen LogP contribution in [0.25, 0.3) is 27.5 Å². The van der Waals surface area contributed by atoms with Crippen LogP contribution in [0.3, 0.4) is 0 Å². The summed E-state index contributed by atoms with van der Waals surface area (Å²) in [5.74, 6) is 0. The van der Waals surface area contributed by atoms with E-state index in [-0.39, 0.29) is 0 Å². The lowest BCUT2D eigenvalue weighted by Crippen LogP contribution is -1.94. The van der Waals surface area contributed by atoms with Crippen LogP contribution < -0.4 is 0 Å². The van der Waals surface area contributed by atoms with E-state index in [2.05, 4.69) is 78.1 Å². The van der Waals surface area contributed by atoms with Crippen molar-refractivity contribution in [3.05, 3.63) is 66.0 Å². The predicted octanol–water partition coefficient (Wildman–Crippen LogP) is 4.73. The molecular weight excluding hydrogens is 244 g/mol. The second-order valence-corrected chi connectivity index (χ2v) is 5.35. The van der Waals surface area contributed by atoms with Crippen LogP contribution in [0.4, 0.5) is 0 Å². The van der Waals surface area contributed by atoms with Crippen molar-refractivity contribution in [2.75, 3.05) is 0 Å². The molecule has 0 fully saturated rings. The smallest absolute Gasteiger partial charge is 0.0712 e. The van der Waals surface area contributed by atoms with Gasteiger partial charge in [0.05, 0.1) is 11.2 Å². The molecule has 0 saturated heterocycles. The molecule has 1 N–H and O–H groups in total. The first-order chi connectivity index (χ1) is 9.75. The molecule has 2 aromatic heterocycles. The van der Waals surface area contributed by atoms with Crippen molar-refractivity contribution in [1.29, 1.82) is 0 Å². The summed E-state index contributed by atoms with van der Waals surface area (Å²) in [5.41, 5.74) is 6.26. The van der Waals surface area contributed by atoms with Crippen LogP contribution in [0.5, 0.6) is 0 Å². The quantitative estimate of drug-likeness (QED) is 0.511. The van der Waals surface area contributed by atoms with E-state index in [0.717, 1.165) is 0 Å². The topological polar surface area (TPSA) is 20.7 Å². The fourth-order valence-corrected chi connectivity index (χ4v) is 3.07. The SMILES string of the molecule is Cc1cccc2c1cc(C)n2-c1c[nH]c2ccccc12. The Balaban J connectivity index is 2.12. The van der Waals surface area contributed by atoms with Crippen LogP contribution >= 0.6 is 0 Å². The molecule has 0 aliphatic rings. The first-order valence-corrected chi connectivity index (χ1v) is 6.90. The summed E-state index contributed by atoms with van der Waals surface area (Å²) >= 11 is 0. The highest BCUT2D eigenvalue weighted by molar-refractivity contribution is 5.93. The number of hydrogen-bond acceptors (Lipinski definition) is 0. The number of para-hydroxylation sites is 1. The molecule has 0 spiro atoms. The number of nitrogens with zero attached hydrogens (tertiary/aromatic N) is 1. The van der Waals surface area contributed by atoms with Crippen LogP contribution in [0.15, 0.2) is 54.7 Å². The fourth-order valence-electron chi connectivity index (χ4n) is 3.07. The third-order valence-corrected chi connectivity index (χ3v) is 4.06. The predicted molar refractivity (Wildman–Crippen MR) is 84.6 cm³/mol. The minimum absolute atomic E-state index is 1.18. The van der Waals surface area contributed by atoms with E-state index in [1.807, 2.05) is 0 Å². The zero-order chi connectivity index (χ0) is 13.7. The van der Waals surface area contributed by atoms with Gasteiger partial charge in [0.2, 0.25) is 0 Å². The second kappa shape index (κ2) is 4.01. The normalized spacial score (nSPS) is 11.5. The van der Waals surface area contributed by atoms with E-state index in [1.54, 1.807) is 0 Å². The molecule has 0 atom stereocenters. The lowest BCUT2D eigenvalue weighted by Gasteiger charge is -2.07. The molecule has 98 valence electrons. The summed E-state index contributed by atoms with van der Waals surface area (Å²) < 4.78 is 2.33. The molecule has 2 nitrogen and oxygen atoms in total. The highest BCUT2D eigenvalue weighted by atomic mass is 15.0. The number of fused-ring (bicyclic) bond motifs is 2. The van der Waals surface area contributed by atoms with Crippen molar-refractivity contribution in [2.24, 2.45) is 0 Å². The standard InChI is InChI=1S/C18H16N2/c1-12-6-5-9-17-15(12)10-13(2)20(17)18-11-19-16-8-4-3-7-14(16)18/h3-11,19H,1-2H3. The van der Waals surface area contributed by atoms with Crippen LogP contribution in [0, 0.1) is 13.8 Å². The molecule has 2 heterocycles. The number of benzene rings is 2. The highest BCUT2D eigenvalue weighted by Gasteiger charge is 2.12. The van der Waals surface area contributed by atoms with Crippen molar-refractivity contribution >= 4 is 21.8 Å². The third-order valence-electron chi connectivity index (χ3n) is 4.06. The molecule has 20 heavy (non-hydrogen) atoms. The Morgan fingerprint density at radius 1 is 0.900 bits per heavy atom. The second-order valence-electron chi connectivity index (χ2n) is 5.35. The minimum Gasteiger partial charge on any atom is -0.359 e. The molecule has 2 heteroatoms. The van der Waals surface area contributed by atoms with E-state index in [9.17, 15) is 0 Å². The molecule has 0 aliphatic heterocycles. The van der Waals surface area contributed by atoms with Crippen LogP contribution in [0.2, 0.25) is 0 Å². The van der Waals surface area contributed by atoms with Gasteiger partial charge in [-0.1, -0.05) is 30.3 Å². The lowest BCUT2D eigenvalue weighted by molar-refractivity contribution is 1.06. The average Bonchev–Trinajstić information content (AvgIpc) is 3.00. The maximum absolute atomic E-state index is 3.36. The van der Waals surface area contributed by atoms with Gasteiger partial charge in [0, 0.05) is 28.2 Å². The molecule has 0 aliphatic carbocycles. The molecule has 0 saturated carbocycles. The molecule has 0 amide bonds. The Hall–Kier alpha value is -2.48. The van der Waals surface area contributed by atoms with Crippen molar-refractivity contribution < 1.29 is 0 Å². The Morgan fingerprint density at radius 2 is 1.75 bits per heavy atom. The van der Waals surface area contributed by atoms with Crippen molar-refractivity contribution in [3.63, 3.8) is 0 Å². The molecule has 2 aromatic carbocycles. The van der Waals surface area contributed by atoms with Gasteiger partial charge in [0.25, 0.3) is 0 Å². The number of aromatic amines is 1. The minimum atomic E-state index is 1.18. The van der Waals surface area contributed by atoms with E-state index in [4.69, 9.17) is 0 Å². The van der Waals surface area contributed by atoms with Crippen LogP contribution in [-0.4, -0.2) is 9.55 Å². The van der Waals surface area contributed by atoms with Gasteiger partial charge in [-0.2, -0.15) is 0 Å². The molecule has 0 radical (unpaired) electrons. The maximum atomic E-state index is 3.36. The van der Waals surface area contributed by atoms with E-state index < -0.39 is 0 Å². The molecule has 4 rings (SSSR count). The summed E-state index contributed by atoms with van der Waals surface area (Å²) in [6.45, 7) is 4.34. The van der Waals surface area contributed by atoms with E-state index in [1.165, 1.54) is 38.8 Å². The number of aromatic nitrogens is 2. The van der Waals surface area contributed by atoms with Crippen molar-refractivity contribution in [3.8, 4) is 5.69 Å². The van der Waals surface area contributed by atoms with Gasteiger partial charge in [-0.15, -0.1) is 0 Å². The largest absolute Gasteiger partial charge is 0.359 e. The van der Waals surface area contributed by atoms with Gasteiger partial charge in [-0.05, 0) is 37.6 Å². The Kier molecular flexibility index (Phi) is 2.27. The Labute approximate surface area is 117 Å². The summed E-state index contributed by atoms with van der Waals surface area (Å²) in [6.07, 6.45) is 2.10. The third kappa shape index (κ3) is 1.45. The van der Waals surface area contributed by atoms with Gasteiger partial charge < -0.3 is 9.55 Å². The van der Waals surface area contributed by atoms with E-state index in [0.29, 0.717) is 0 Å². The van der Waals surface area contributed by atoms with Gasteiger partial charge in [-0.3, -0.25) is 0 Å². The maximum Gasteiger partial charge on any atom is 0.0712 e. The van der Waals surface area contributed by atoms with Crippen molar-refractivity contribution in [1.82, 2.24) is 9.55 Å². The Bertz CT molecular complexity index is 925. The van der Waals surface area contributed by atoms with Gasteiger partial charge in [0.15, 0.2) is 0 Å². The summed E-state index contributed by atoms with van der Waals surface area (Å²) in [6, 6.07) is 17.2. The summed E-state index contributed by atoms with van der Waals surface area (Å²) in [7, 11) is 0. The first kappa shape index (κ1) is 11.4. The van der Waals surface area contributed by atoms with Crippen LogP contribution in [-0.2, 0) is 0 Å². The summed E-state index contributed by atoms with van der Waals surface area (Å²) in [4.78, 5) is 3.36. The number of aryl methyl sites for hydroxylation is 2. The zero-order valence-corrected chi connectivity index (χ0v) is 11.6. The molecule has 0 unspecified atom stereocenters. The number of rotatable bonds is 1. The number of H-pyrrole nitrogens is 1. The molecular formula is C18H16N2. The number of hydrogen-bond donors (Lipinski definition) is 1. The van der Waals surface area contributed by atoms with Gasteiger partial charge in [0.1, 0.15) is 0 Å². The first-order valence-electron chi connectivity index (χ1n) is 6.90. The Morgan fingerprint density at radius 3 is 2.65 bits per heavy atom. The van der Waals surface area contributed by atoms with Gasteiger partial charge >= 0.3 is 0 Å².